The average molecular weight is 259 g/mol. The third-order valence-electron chi connectivity index (χ3n) is 2.59. The summed E-state index contributed by atoms with van der Waals surface area (Å²) in [6.45, 7) is 0. The number of aromatic nitrogens is 2. The van der Waals surface area contributed by atoms with Crippen molar-refractivity contribution in [1.29, 1.82) is 0 Å². The SMILES string of the molecule is Cn1ncc(N)c1C(=O)Nc1cccc(C(N)=O)c1. The summed E-state index contributed by atoms with van der Waals surface area (Å²) in [5.74, 6) is -0.963. The highest BCUT2D eigenvalue weighted by Crippen LogP contribution is 2.14. The van der Waals surface area contributed by atoms with Crippen LogP contribution in [0.15, 0.2) is 30.5 Å². The first kappa shape index (κ1) is 12.6. The van der Waals surface area contributed by atoms with Crippen LogP contribution in [0.25, 0.3) is 0 Å². The van der Waals surface area contributed by atoms with Crippen molar-refractivity contribution in [3.8, 4) is 0 Å². The topological polar surface area (TPSA) is 116 Å². The van der Waals surface area contributed by atoms with E-state index in [1.165, 1.54) is 16.9 Å². The molecule has 2 rings (SSSR count). The summed E-state index contributed by atoms with van der Waals surface area (Å²) in [5, 5.41) is 6.52. The Morgan fingerprint density at radius 1 is 1.37 bits per heavy atom. The number of nitrogen functional groups attached to an aromatic ring is 1. The van der Waals surface area contributed by atoms with Gasteiger partial charge in [-0.25, -0.2) is 0 Å². The normalized spacial score (nSPS) is 10.2. The Bertz CT molecular complexity index is 628. The van der Waals surface area contributed by atoms with Crippen molar-refractivity contribution in [3.63, 3.8) is 0 Å². The van der Waals surface area contributed by atoms with Crippen LogP contribution in [0, 0.1) is 0 Å². The third-order valence-corrected chi connectivity index (χ3v) is 2.59. The van der Waals surface area contributed by atoms with Gasteiger partial charge in [0.05, 0.1) is 11.9 Å². The van der Waals surface area contributed by atoms with Crippen LogP contribution < -0.4 is 16.8 Å². The van der Waals surface area contributed by atoms with Crippen molar-refractivity contribution in [2.45, 2.75) is 0 Å². The summed E-state index contributed by atoms with van der Waals surface area (Å²) in [5.41, 5.74) is 12.1. The van der Waals surface area contributed by atoms with Gasteiger partial charge in [0, 0.05) is 18.3 Å². The first-order valence-corrected chi connectivity index (χ1v) is 5.47. The number of benzene rings is 1. The molecular weight excluding hydrogens is 246 g/mol. The fraction of sp³-hybridized carbons (Fsp3) is 0.0833. The van der Waals surface area contributed by atoms with Gasteiger partial charge in [0.15, 0.2) is 0 Å². The molecule has 0 aliphatic carbocycles. The predicted octanol–water partition coefficient (Wildman–Crippen LogP) is 0.354. The van der Waals surface area contributed by atoms with Crippen molar-refractivity contribution in [3.05, 3.63) is 41.7 Å². The number of rotatable bonds is 3. The van der Waals surface area contributed by atoms with Gasteiger partial charge in [-0.2, -0.15) is 5.10 Å². The molecule has 19 heavy (non-hydrogen) atoms. The number of carbonyl (C=O) groups excluding carboxylic acids is 2. The Morgan fingerprint density at radius 3 is 2.68 bits per heavy atom. The molecule has 1 heterocycles. The van der Waals surface area contributed by atoms with E-state index >= 15 is 0 Å². The second-order valence-corrected chi connectivity index (χ2v) is 3.97. The molecule has 7 heteroatoms. The first-order valence-electron chi connectivity index (χ1n) is 5.47. The van der Waals surface area contributed by atoms with Crippen molar-refractivity contribution >= 4 is 23.2 Å². The summed E-state index contributed by atoms with van der Waals surface area (Å²) in [4.78, 5) is 23.1. The molecule has 0 unspecified atom stereocenters. The predicted molar refractivity (Wildman–Crippen MR) is 70.5 cm³/mol. The zero-order valence-electron chi connectivity index (χ0n) is 10.3. The Morgan fingerprint density at radius 2 is 2.11 bits per heavy atom. The smallest absolute Gasteiger partial charge is 0.276 e. The molecule has 1 aromatic carbocycles. The van der Waals surface area contributed by atoms with Gasteiger partial charge < -0.3 is 16.8 Å². The molecule has 0 atom stereocenters. The summed E-state index contributed by atoms with van der Waals surface area (Å²) < 4.78 is 1.38. The molecule has 2 amide bonds. The number of primary amides is 1. The largest absolute Gasteiger partial charge is 0.396 e. The van der Waals surface area contributed by atoms with Gasteiger partial charge in [0.2, 0.25) is 5.91 Å². The van der Waals surface area contributed by atoms with Gasteiger partial charge in [-0.15, -0.1) is 0 Å². The van der Waals surface area contributed by atoms with E-state index in [0.29, 0.717) is 11.3 Å². The number of hydrogen-bond donors (Lipinski definition) is 3. The second kappa shape index (κ2) is 4.81. The van der Waals surface area contributed by atoms with Crippen molar-refractivity contribution in [2.24, 2.45) is 12.8 Å². The standard InChI is InChI=1S/C12H13N5O2/c1-17-10(9(13)6-15-17)12(19)16-8-4-2-3-7(5-8)11(14)18/h2-6H,13H2,1H3,(H2,14,18)(H,16,19). The maximum Gasteiger partial charge on any atom is 0.276 e. The molecule has 7 nitrogen and oxygen atoms in total. The summed E-state index contributed by atoms with van der Waals surface area (Å²) in [6, 6.07) is 6.34. The highest BCUT2D eigenvalue weighted by atomic mass is 16.2. The molecule has 0 bridgehead atoms. The van der Waals surface area contributed by atoms with Crippen LogP contribution in [0.5, 0.6) is 0 Å². The van der Waals surface area contributed by atoms with Gasteiger partial charge >= 0.3 is 0 Å². The Kier molecular flexibility index (Phi) is 3.19. The number of anilines is 2. The van der Waals surface area contributed by atoms with E-state index in [4.69, 9.17) is 11.5 Å². The fourth-order valence-corrected chi connectivity index (χ4v) is 1.67. The summed E-state index contributed by atoms with van der Waals surface area (Å²) in [6.07, 6.45) is 1.40. The molecule has 5 N–H and O–H groups in total. The second-order valence-electron chi connectivity index (χ2n) is 3.97. The molecule has 98 valence electrons. The number of carbonyl (C=O) groups is 2. The van der Waals surface area contributed by atoms with Gasteiger partial charge in [-0.1, -0.05) is 6.07 Å². The Balaban J connectivity index is 2.24. The Labute approximate surface area is 109 Å². The lowest BCUT2D eigenvalue weighted by atomic mass is 10.2. The molecule has 0 spiro atoms. The lowest BCUT2D eigenvalue weighted by Gasteiger charge is -2.07. The molecule has 2 aromatic rings. The van der Waals surface area contributed by atoms with E-state index in [1.807, 2.05) is 0 Å². The van der Waals surface area contributed by atoms with E-state index in [2.05, 4.69) is 10.4 Å². The van der Waals surface area contributed by atoms with Crippen molar-refractivity contribution in [1.82, 2.24) is 9.78 Å². The molecule has 1 aromatic heterocycles. The van der Waals surface area contributed by atoms with Crippen LogP contribution in [0.2, 0.25) is 0 Å². The van der Waals surface area contributed by atoms with Gasteiger partial charge in [-0.05, 0) is 18.2 Å². The zero-order chi connectivity index (χ0) is 14.0. The lowest BCUT2D eigenvalue weighted by Crippen LogP contribution is -2.18. The fourth-order valence-electron chi connectivity index (χ4n) is 1.67. The first-order chi connectivity index (χ1) is 8.99. The number of amides is 2. The minimum atomic E-state index is -0.559. The molecule has 0 saturated carbocycles. The number of nitrogens with two attached hydrogens (primary N) is 2. The van der Waals surface area contributed by atoms with E-state index in [1.54, 1.807) is 25.2 Å². The van der Waals surface area contributed by atoms with Crippen LogP contribution >= 0.6 is 0 Å². The van der Waals surface area contributed by atoms with Crippen LogP contribution in [0.4, 0.5) is 11.4 Å². The molecule has 0 radical (unpaired) electrons. The maximum atomic E-state index is 12.0. The van der Waals surface area contributed by atoms with Gasteiger partial charge in [0.25, 0.3) is 5.91 Å². The zero-order valence-corrected chi connectivity index (χ0v) is 10.3. The van der Waals surface area contributed by atoms with Crippen molar-refractivity contribution in [2.75, 3.05) is 11.1 Å². The van der Waals surface area contributed by atoms with E-state index in [0.717, 1.165) is 0 Å². The molecular formula is C12H13N5O2. The Hall–Kier alpha value is -2.83. The highest BCUT2D eigenvalue weighted by molar-refractivity contribution is 6.06. The summed E-state index contributed by atoms with van der Waals surface area (Å²) in [7, 11) is 1.62. The van der Waals surface area contributed by atoms with E-state index in [-0.39, 0.29) is 11.4 Å². The number of nitrogens with one attached hydrogen (secondary N) is 1. The molecule has 0 aliphatic rings. The van der Waals surface area contributed by atoms with E-state index in [9.17, 15) is 9.59 Å². The molecule has 0 aliphatic heterocycles. The minimum Gasteiger partial charge on any atom is -0.396 e. The average Bonchev–Trinajstić information content (AvgIpc) is 2.69. The van der Waals surface area contributed by atoms with Crippen LogP contribution in [-0.2, 0) is 7.05 Å². The van der Waals surface area contributed by atoms with Gasteiger partial charge in [0.1, 0.15) is 5.69 Å². The van der Waals surface area contributed by atoms with Crippen LogP contribution in [0.1, 0.15) is 20.8 Å². The highest BCUT2D eigenvalue weighted by Gasteiger charge is 2.15. The lowest BCUT2D eigenvalue weighted by molar-refractivity contribution is 0.0994. The van der Waals surface area contributed by atoms with Crippen LogP contribution in [-0.4, -0.2) is 21.6 Å². The van der Waals surface area contributed by atoms with Gasteiger partial charge in [-0.3, -0.25) is 14.3 Å². The molecule has 0 fully saturated rings. The number of nitrogens with zero attached hydrogens (tertiary/aromatic N) is 2. The number of hydrogen-bond acceptors (Lipinski definition) is 4. The quantitative estimate of drug-likeness (QED) is 0.737. The third kappa shape index (κ3) is 2.54. The molecule has 0 saturated heterocycles. The maximum absolute atomic E-state index is 12.0. The summed E-state index contributed by atoms with van der Waals surface area (Å²) >= 11 is 0. The minimum absolute atomic E-state index is 0.254. The van der Waals surface area contributed by atoms with Crippen LogP contribution in [0.3, 0.4) is 0 Å². The number of aryl methyl sites for hydroxylation is 1. The monoisotopic (exact) mass is 259 g/mol. The van der Waals surface area contributed by atoms with E-state index < -0.39 is 11.8 Å². The van der Waals surface area contributed by atoms with Crippen molar-refractivity contribution < 1.29 is 9.59 Å².